The summed E-state index contributed by atoms with van der Waals surface area (Å²) >= 11 is 3.19. The molecular formula is C20H21N5OS2. The van der Waals surface area contributed by atoms with E-state index in [0.29, 0.717) is 17.1 Å². The first-order valence-electron chi connectivity index (χ1n) is 9.58. The van der Waals surface area contributed by atoms with Crippen LogP contribution in [0.3, 0.4) is 0 Å². The molecule has 2 saturated carbocycles. The summed E-state index contributed by atoms with van der Waals surface area (Å²) in [6.45, 7) is 1.57. The van der Waals surface area contributed by atoms with Gasteiger partial charge in [-0.25, -0.2) is 4.98 Å². The molecule has 8 heteroatoms. The molecule has 2 fully saturated rings. The maximum absolute atomic E-state index is 12.2. The predicted octanol–water partition coefficient (Wildman–Crippen LogP) is 4.92. The van der Waals surface area contributed by atoms with Crippen LogP contribution in [0.1, 0.15) is 56.1 Å². The number of aromatic nitrogens is 4. The molecule has 3 aromatic rings. The largest absolute Gasteiger partial charge is 0.303 e. The summed E-state index contributed by atoms with van der Waals surface area (Å²) in [6, 6.07) is 10.2. The molecule has 2 heterocycles. The van der Waals surface area contributed by atoms with Crippen LogP contribution in [0.4, 0.5) is 10.8 Å². The van der Waals surface area contributed by atoms with Crippen molar-refractivity contribution in [2.24, 2.45) is 0 Å². The third-order valence-corrected chi connectivity index (χ3v) is 6.81. The lowest BCUT2D eigenvalue weighted by molar-refractivity contribution is -0.115. The quantitative estimate of drug-likeness (QED) is 0.516. The van der Waals surface area contributed by atoms with Crippen LogP contribution >= 0.6 is 23.1 Å². The summed E-state index contributed by atoms with van der Waals surface area (Å²) in [5.74, 6) is 2.48. The number of thioether (sulfide) groups is 1. The lowest BCUT2D eigenvalue weighted by Crippen LogP contribution is -2.22. The molecule has 0 spiro atoms. The normalized spacial score (nSPS) is 16.3. The van der Waals surface area contributed by atoms with Crippen LogP contribution in [0.2, 0.25) is 0 Å². The summed E-state index contributed by atoms with van der Waals surface area (Å²) in [7, 11) is 0. The third kappa shape index (κ3) is 3.58. The Morgan fingerprint density at radius 1 is 1.21 bits per heavy atom. The van der Waals surface area contributed by atoms with Gasteiger partial charge in [0.2, 0.25) is 5.91 Å². The van der Waals surface area contributed by atoms with E-state index in [0.717, 1.165) is 22.3 Å². The van der Waals surface area contributed by atoms with Crippen molar-refractivity contribution in [1.82, 2.24) is 19.7 Å². The number of amides is 1. The Balaban J connectivity index is 1.33. The van der Waals surface area contributed by atoms with Gasteiger partial charge in [-0.15, -0.1) is 21.5 Å². The van der Waals surface area contributed by atoms with Gasteiger partial charge in [0.15, 0.2) is 10.3 Å². The number of thiazole rings is 1. The van der Waals surface area contributed by atoms with Gasteiger partial charge in [-0.3, -0.25) is 9.69 Å². The molecule has 0 saturated heterocycles. The number of rotatable bonds is 7. The Morgan fingerprint density at radius 3 is 2.68 bits per heavy atom. The zero-order valence-electron chi connectivity index (χ0n) is 15.6. The first-order chi connectivity index (χ1) is 13.7. The number of nitrogens with zero attached hydrogens (tertiary/aromatic N) is 5. The van der Waals surface area contributed by atoms with Gasteiger partial charge in [-0.1, -0.05) is 30.0 Å². The van der Waals surface area contributed by atoms with Gasteiger partial charge in [-0.2, -0.15) is 0 Å². The van der Waals surface area contributed by atoms with E-state index in [9.17, 15) is 4.79 Å². The molecule has 0 unspecified atom stereocenters. The highest BCUT2D eigenvalue weighted by atomic mass is 32.2. The second kappa shape index (κ2) is 7.33. The van der Waals surface area contributed by atoms with Crippen LogP contribution in [0.25, 0.3) is 0 Å². The smallest absolute Gasteiger partial charge is 0.230 e. The highest BCUT2D eigenvalue weighted by Crippen LogP contribution is 2.46. The third-order valence-electron chi connectivity index (χ3n) is 4.95. The van der Waals surface area contributed by atoms with E-state index in [1.54, 1.807) is 23.6 Å². The molecule has 6 nitrogen and oxygen atoms in total. The highest BCUT2D eigenvalue weighted by molar-refractivity contribution is 7.98. The van der Waals surface area contributed by atoms with E-state index in [1.165, 1.54) is 42.8 Å². The zero-order valence-corrected chi connectivity index (χ0v) is 17.2. The molecule has 2 aromatic heterocycles. The van der Waals surface area contributed by atoms with Crippen molar-refractivity contribution in [3.05, 3.63) is 47.2 Å². The minimum Gasteiger partial charge on any atom is -0.303 e. The summed E-state index contributed by atoms with van der Waals surface area (Å²) < 4.78 is 2.36. The fourth-order valence-corrected chi connectivity index (χ4v) is 5.19. The van der Waals surface area contributed by atoms with E-state index in [-0.39, 0.29) is 5.91 Å². The van der Waals surface area contributed by atoms with E-state index >= 15 is 0 Å². The summed E-state index contributed by atoms with van der Waals surface area (Å²) in [6.07, 6.45) is 4.95. The number of hydrogen-bond donors (Lipinski definition) is 0. The first-order valence-corrected chi connectivity index (χ1v) is 11.4. The number of para-hydroxylation sites is 1. The first kappa shape index (κ1) is 17.9. The molecule has 1 amide bonds. The SMILES string of the molecule is CC(=O)N(c1ccccc1)c1nc(CSc2nnc(C3CC3)n2C2CC2)cs1. The molecule has 144 valence electrons. The topological polar surface area (TPSA) is 63.9 Å². The Morgan fingerprint density at radius 2 is 2.00 bits per heavy atom. The number of anilines is 2. The molecule has 1 aromatic carbocycles. The van der Waals surface area contributed by atoms with Crippen LogP contribution < -0.4 is 4.90 Å². The molecule has 0 bridgehead atoms. The van der Waals surface area contributed by atoms with Crippen molar-refractivity contribution in [3.63, 3.8) is 0 Å². The Hall–Kier alpha value is -2.19. The highest BCUT2D eigenvalue weighted by Gasteiger charge is 2.36. The number of hydrogen-bond acceptors (Lipinski definition) is 6. The summed E-state index contributed by atoms with van der Waals surface area (Å²) in [5, 5.41) is 12.7. The van der Waals surface area contributed by atoms with Crippen molar-refractivity contribution >= 4 is 39.8 Å². The van der Waals surface area contributed by atoms with Crippen molar-refractivity contribution in [1.29, 1.82) is 0 Å². The maximum Gasteiger partial charge on any atom is 0.230 e. The van der Waals surface area contributed by atoms with Gasteiger partial charge in [0.25, 0.3) is 0 Å². The molecule has 2 aliphatic carbocycles. The molecule has 28 heavy (non-hydrogen) atoms. The van der Waals surface area contributed by atoms with Crippen molar-refractivity contribution < 1.29 is 4.79 Å². The summed E-state index contributed by atoms with van der Waals surface area (Å²) in [5.41, 5.74) is 1.80. The fraction of sp³-hybridized carbons (Fsp3) is 0.400. The standard InChI is InChI=1S/C20H21N5OS2/c1-13(26)24(16-5-3-2-4-6-16)19-21-15(11-27-19)12-28-20-23-22-18(14-7-8-14)25(20)17-9-10-17/h2-6,11,14,17H,7-10,12H2,1H3. The average Bonchev–Trinajstić information content (AvgIpc) is 3.63. The molecule has 0 atom stereocenters. The van der Waals surface area contributed by atoms with Crippen LogP contribution in [0.15, 0.2) is 40.9 Å². The second-order valence-electron chi connectivity index (χ2n) is 7.32. The van der Waals surface area contributed by atoms with E-state index < -0.39 is 0 Å². The number of carbonyl (C=O) groups is 1. The second-order valence-corrected chi connectivity index (χ2v) is 9.10. The number of benzene rings is 1. The minimum atomic E-state index is -0.0395. The van der Waals surface area contributed by atoms with Gasteiger partial charge in [0.1, 0.15) is 5.82 Å². The lowest BCUT2D eigenvalue weighted by atomic mass is 10.3. The van der Waals surface area contributed by atoms with Crippen molar-refractivity contribution in [3.8, 4) is 0 Å². The Bertz CT molecular complexity index is 991. The monoisotopic (exact) mass is 411 g/mol. The minimum absolute atomic E-state index is 0.0395. The van der Waals surface area contributed by atoms with Crippen LogP contribution in [-0.2, 0) is 10.5 Å². The molecule has 0 aliphatic heterocycles. The molecule has 2 aliphatic rings. The average molecular weight is 412 g/mol. The lowest BCUT2D eigenvalue weighted by Gasteiger charge is -2.17. The van der Waals surface area contributed by atoms with Gasteiger partial charge in [-0.05, 0) is 37.8 Å². The van der Waals surface area contributed by atoms with Crippen LogP contribution in [-0.4, -0.2) is 25.7 Å². The predicted molar refractivity (Wildman–Crippen MR) is 111 cm³/mol. The van der Waals surface area contributed by atoms with Crippen LogP contribution in [0, 0.1) is 0 Å². The van der Waals surface area contributed by atoms with Gasteiger partial charge in [0.05, 0.1) is 11.4 Å². The molecule has 5 rings (SSSR count). The Kier molecular flexibility index (Phi) is 4.68. The van der Waals surface area contributed by atoms with E-state index in [1.807, 2.05) is 35.7 Å². The zero-order chi connectivity index (χ0) is 19.1. The van der Waals surface area contributed by atoms with Crippen molar-refractivity contribution in [2.75, 3.05) is 4.90 Å². The van der Waals surface area contributed by atoms with Gasteiger partial charge in [0, 0.05) is 30.0 Å². The molecular weight excluding hydrogens is 390 g/mol. The van der Waals surface area contributed by atoms with E-state index in [4.69, 9.17) is 4.98 Å². The summed E-state index contributed by atoms with van der Waals surface area (Å²) in [4.78, 5) is 18.6. The Labute approximate surface area is 172 Å². The fourth-order valence-electron chi connectivity index (χ4n) is 3.29. The van der Waals surface area contributed by atoms with Crippen LogP contribution in [0.5, 0.6) is 0 Å². The maximum atomic E-state index is 12.2. The van der Waals surface area contributed by atoms with Crippen molar-refractivity contribution in [2.45, 2.75) is 55.5 Å². The molecule has 0 N–H and O–H groups in total. The van der Waals surface area contributed by atoms with Gasteiger partial charge >= 0.3 is 0 Å². The number of carbonyl (C=O) groups excluding carboxylic acids is 1. The van der Waals surface area contributed by atoms with Gasteiger partial charge < -0.3 is 4.57 Å². The van der Waals surface area contributed by atoms with E-state index in [2.05, 4.69) is 14.8 Å². The molecule has 0 radical (unpaired) electrons.